The summed E-state index contributed by atoms with van der Waals surface area (Å²) in [5, 5.41) is 0. The van der Waals surface area contributed by atoms with Crippen LogP contribution in [0.2, 0.25) is 0 Å². The molecule has 0 N–H and O–H groups in total. The third-order valence-corrected chi connectivity index (χ3v) is 6.26. The van der Waals surface area contributed by atoms with Crippen LogP contribution < -0.4 is 0 Å². The van der Waals surface area contributed by atoms with E-state index in [2.05, 4.69) is 27.7 Å². The number of carbonyl (C=O) groups excluding carboxylic acids is 3. The van der Waals surface area contributed by atoms with E-state index in [1.54, 1.807) is 11.9 Å². The molecule has 0 heterocycles. The number of nitrogens with zero attached hydrogens (tertiary/aromatic N) is 1. The van der Waals surface area contributed by atoms with Crippen LogP contribution in [-0.4, -0.2) is 85.3 Å². The normalized spacial score (nSPS) is 18.4. The zero-order valence-electron chi connectivity index (χ0n) is 24.2. The van der Waals surface area contributed by atoms with Crippen LogP contribution in [0, 0.1) is 5.92 Å². The first kappa shape index (κ1) is 32.7. The van der Waals surface area contributed by atoms with Crippen LogP contribution in [0.3, 0.4) is 0 Å². The van der Waals surface area contributed by atoms with Gasteiger partial charge in [-0.25, -0.2) is 0 Å². The summed E-state index contributed by atoms with van der Waals surface area (Å²) in [5.74, 6) is 0.622. The van der Waals surface area contributed by atoms with Crippen LogP contribution >= 0.6 is 0 Å². The number of rotatable bonds is 19. The van der Waals surface area contributed by atoms with Crippen molar-refractivity contribution in [3.05, 3.63) is 0 Å². The third kappa shape index (κ3) is 13.8. The number of ether oxygens (including phenoxy) is 4. The van der Waals surface area contributed by atoms with E-state index in [-0.39, 0.29) is 61.0 Å². The highest BCUT2D eigenvalue weighted by atomic mass is 16.5. The Hall–Kier alpha value is -1.35. The van der Waals surface area contributed by atoms with Gasteiger partial charge in [-0.15, -0.1) is 0 Å². The predicted molar refractivity (Wildman–Crippen MR) is 140 cm³/mol. The Bertz CT molecular complexity index is 676. The van der Waals surface area contributed by atoms with Gasteiger partial charge in [0.05, 0.1) is 62.3 Å². The van der Waals surface area contributed by atoms with Crippen LogP contribution in [0.25, 0.3) is 0 Å². The van der Waals surface area contributed by atoms with Crippen molar-refractivity contribution < 1.29 is 33.3 Å². The Morgan fingerprint density at radius 2 is 1.28 bits per heavy atom. The molecule has 8 nitrogen and oxygen atoms in total. The summed E-state index contributed by atoms with van der Waals surface area (Å²) in [4.78, 5) is 37.1. The molecule has 36 heavy (non-hydrogen) atoms. The molecule has 8 heteroatoms. The van der Waals surface area contributed by atoms with Gasteiger partial charge in [0.2, 0.25) is 5.91 Å². The number of hydrogen-bond donors (Lipinski definition) is 0. The van der Waals surface area contributed by atoms with Crippen molar-refractivity contribution in [1.29, 1.82) is 0 Å². The molecule has 0 aromatic carbocycles. The van der Waals surface area contributed by atoms with Gasteiger partial charge in [0.15, 0.2) is 0 Å². The fraction of sp³-hybridized carbons (Fsp3) is 0.893. The molecular weight excluding hydrogens is 462 g/mol. The maximum atomic E-state index is 13.1. The van der Waals surface area contributed by atoms with E-state index in [1.165, 1.54) is 13.8 Å². The fourth-order valence-electron chi connectivity index (χ4n) is 4.52. The zero-order chi connectivity index (χ0) is 27.5. The molecule has 1 amide bonds. The lowest BCUT2D eigenvalue weighted by molar-refractivity contribution is -0.191. The minimum Gasteiger partial charge on any atom is -0.379 e. The third-order valence-electron chi connectivity index (χ3n) is 6.26. The van der Waals surface area contributed by atoms with Crippen LogP contribution in [-0.2, 0) is 33.3 Å². The molecule has 1 aliphatic rings. The Labute approximate surface area is 218 Å². The molecule has 0 aromatic heterocycles. The largest absolute Gasteiger partial charge is 0.379 e. The van der Waals surface area contributed by atoms with E-state index >= 15 is 0 Å². The van der Waals surface area contributed by atoms with Crippen molar-refractivity contribution >= 4 is 17.5 Å². The van der Waals surface area contributed by atoms with Gasteiger partial charge < -0.3 is 23.8 Å². The topological polar surface area (TPSA) is 91.4 Å². The first-order valence-corrected chi connectivity index (χ1v) is 13.4. The molecule has 1 rings (SSSR count). The van der Waals surface area contributed by atoms with Crippen molar-refractivity contribution in [2.24, 2.45) is 5.92 Å². The fourth-order valence-corrected chi connectivity index (χ4v) is 4.52. The van der Waals surface area contributed by atoms with Crippen LogP contribution in [0.15, 0.2) is 0 Å². The average Bonchev–Trinajstić information content (AvgIpc) is 2.68. The first-order chi connectivity index (χ1) is 16.6. The van der Waals surface area contributed by atoms with Gasteiger partial charge in [0, 0.05) is 32.7 Å². The van der Waals surface area contributed by atoms with E-state index in [0.29, 0.717) is 32.0 Å². The van der Waals surface area contributed by atoms with Crippen molar-refractivity contribution in [2.75, 3.05) is 33.5 Å². The van der Waals surface area contributed by atoms with Gasteiger partial charge in [-0.3, -0.25) is 14.4 Å². The second-order valence-electron chi connectivity index (χ2n) is 12.0. The first-order valence-electron chi connectivity index (χ1n) is 13.4. The summed E-state index contributed by atoms with van der Waals surface area (Å²) in [6.07, 6.45) is 3.85. The second kappa shape index (κ2) is 15.2. The molecule has 1 fully saturated rings. The molecule has 0 saturated heterocycles. The van der Waals surface area contributed by atoms with Crippen molar-refractivity contribution in [2.45, 2.75) is 123 Å². The molecule has 0 radical (unpaired) electrons. The molecule has 0 unspecified atom stereocenters. The smallest absolute Gasteiger partial charge is 0.225 e. The summed E-state index contributed by atoms with van der Waals surface area (Å²) >= 11 is 0. The van der Waals surface area contributed by atoms with Crippen LogP contribution in [0.4, 0.5) is 0 Å². The number of Topliss-reactive ketones (excluding diaryl/α,β-unsaturated/α-hetero) is 2. The number of likely N-dealkylation sites (N-methyl/N-ethyl adjacent to an activating group) is 1. The van der Waals surface area contributed by atoms with E-state index in [4.69, 9.17) is 18.9 Å². The maximum absolute atomic E-state index is 13.1. The van der Waals surface area contributed by atoms with Crippen LogP contribution in [0.5, 0.6) is 0 Å². The molecule has 0 aliphatic heterocycles. The van der Waals surface area contributed by atoms with Crippen molar-refractivity contribution in [3.8, 4) is 0 Å². The minimum atomic E-state index is -0.621. The molecule has 0 spiro atoms. The standard InChI is InChI=1S/C28H51NO7/c1-20(2)16-27(5,6)35-24-14-25(15-24)36-28(7,8)17-26(32)29(9)23(18-33-12-10-21(3)30)19-34-13-11-22(4)31/h20,23-25H,10-19H2,1-9H3. The van der Waals surface area contributed by atoms with Crippen LogP contribution in [0.1, 0.15) is 93.9 Å². The van der Waals surface area contributed by atoms with Crippen molar-refractivity contribution in [3.63, 3.8) is 0 Å². The average molecular weight is 514 g/mol. The molecule has 210 valence electrons. The van der Waals surface area contributed by atoms with Gasteiger partial charge >= 0.3 is 0 Å². The SMILES string of the molecule is CC(=O)CCOCC(COCCC(C)=O)N(C)C(=O)CC(C)(C)OC1CC(OC(C)(C)CC(C)C)C1. The monoisotopic (exact) mass is 513 g/mol. The molecule has 0 atom stereocenters. The molecule has 1 saturated carbocycles. The second-order valence-corrected chi connectivity index (χ2v) is 12.0. The Morgan fingerprint density at radius 1 is 0.833 bits per heavy atom. The molecule has 0 bridgehead atoms. The number of ketones is 2. The van der Waals surface area contributed by atoms with E-state index in [1.807, 2.05) is 13.8 Å². The van der Waals surface area contributed by atoms with Gasteiger partial charge in [-0.05, 0) is 53.9 Å². The van der Waals surface area contributed by atoms with Gasteiger partial charge in [0.25, 0.3) is 0 Å². The molecule has 1 aliphatic carbocycles. The highest BCUT2D eigenvalue weighted by Gasteiger charge is 2.39. The number of carbonyl (C=O) groups is 3. The Balaban J connectivity index is 2.56. The highest BCUT2D eigenvalue weighted by Crippen LogP contribution is 2.35. The summed E-state index contributed by atoms with van der Waals surface area (Å²) in [6.45, 7) is 16.7. The maximum Gasteiger partial charge on any atom is 0.225 e. The lowest BCUT2D eigenvalue weighted by atomic mass is 9.88. The van der Waals surface area contributed by atoms with Gasteiger partial charge in [-0.1, -0.05) is 13.8 Å². The minimum absolute atomic E-state index is 0.0553. The van der Waals surface area contributed by atoms with E-state index in [9.17, 15) is 14.4 Å². The molecule has 0 aromatic rings. The van der Waals surface area contributed by atoms with Crippen molar-refractivity contribution in [1.82, 2.24) is 4.90 Å². The Morgan fingerprint density at radius 3 is 1.69 bits per heavy atom. The quantitative estimate of drug-likeness (QED) is 0.237. The zero-order valence-corrected chi connectivity index (χ0v) is 24.2. The Kier molecular flexibility index (Phi) is 13.8. The highest BCUT2D eigenvalue weighted by molar-refractivity contribution is 5.77. The number of amides is 1. The lowest BCUT2D eigenvalue weighted by Gasteiger charge is -2.44. The van der Waals surface area contributed by atoms with E-state index in [0.717, 1.165) is 19.3 Å². The number of hydrogen-bond acceptors (Lipinski definition) is 7. The summed E-state index contributed by atoms with van der Waals surface area (Å²) in [7, 11) is 1.73. The molecular formula is C28H51NO7. The van der Waals surface area contributed by atoms with Gasteiger partial charge in [-0.2, -0.15) is 0 Å². The predicted octanol–water partition coefficient (Wildman–Crippen LogP) is 4.36. The summed E-state index contributed by atoms with van der Waals surface area (Å²) in [5.41, 5.74) is -0.768. The summed E-state index contributed by atoms with van der Waals surface area (Å²) in [6, 6.07) is -0.322. The summed E-state index contributed by atoms with van der Waals surface area (Å²) < 4.78 is 23.9. The van der Waals surface area contributed by atoms with Gasteiger partial charge in [0.1, 0.15) is 11.6 Å². The van der Waals surface area contributed by atoms with E-state index < -0.39 is 5.60 Å². The lowest BCUT2D eigenvalue weighted by Crippen LogP contribution is -2.49.